The molecule has 0 heterocycles. The molecule has 0 aromatic heterocycles. The van der Waals surface area contributed by atoms with Crippen LogP contribution in [0.25, 0.3) is 0 Å². The maximum absolute atomic E-state index is 12.4. The Labute approximate surface area is 214 Å². The lowest BCUT2D eigenvalue weighted by Crippen LogP contribution is -2.24. The zero-order valence-electron chi connectivity index (χ0n) is 20.7. The predicted molar refractivity (Wildman–Crippen MR) is 137 cm³/mol. The van der Waals surface area contributed by atoms with E-state index in [0.29, 0.717) is 17.2 Å². The Balaban J connectivity index is 1.53. The van der Waals surface area contributed by atoms with Gasteiger partial charge in [-0.1, -0.05) is 26.0 Å². The Morgan fingerprint density at radius 1 is 1.05 bits per heavy atom. The fraction of sp³-hybridized carbons (Fsp3) is 0.222. The summed E-state index contributed by atoms with van der Waals surface area (Å²) in [5.74, 6) is 0.338. The van der Waals surface area contributed by atoms with E-state index in [-0.39, 0.29) is 29.4 Å². The molecule has 0 saturated carbocycles. The summed E-state index contributed by atoms with van der Waals surface area (Å²) in [6.45, 7) is 4.09. The van der Waals surface area contributed by atoms with Gasteiger partial charge in [-0.15, -0.1) is 0 Å². The molecule has 37 heavy (non-hydrogen) atoms. The first-order chi connectivity index (χ1) is 17.8. The number of esters is 1. The van der Waals surface area contributed by atoms with E-state index in [0.717, 1.165) is 6.42 Å². The van der Waals surface area contributed by atoms with Gasteiger partial charge in [-0.3, -0.25) is 14.9 Å². The summed E-state index contributed by atoms with van der Waals surface area (Å²) in [4.78, 5) is 34.6. The third-order valence-electron chi connectivity index (χ3n) is 5.54. The molecular formula is C27H27N3O7. The van der Waals surface area contributed by atoms with Gasteiger partial charge in [0.25, 0.3) is 11.6 Å². The number of carbonyl (C=O) groups is 2. The Morgan fingerprint density at radius 2 is 1.76 bits per heavy atom. The molecule has 0 aliphatic heterocycles. The molecule has 3 rings (SSSR count). The van der Waals surface area contributed by atoms with Crippen molar-refractivity contribution in [2.24, 2.45) is 5.10 Å². The molecule has 1 N–H and O–H groups in total. The number of hydrogen-bond donors (Lipinski definition) is 1. The highest BCUT2D eigenvalue weighted by Crippen LogP contribution is 2.28. The van der Waals surface area contributed by atoms with E-state index in [1.807, 2.05) is 24.3 Å². The second-order valence-corrected chi connectivity index (χ2v) is 8.06. The summed E-state index contributed by atoms with van der Waals surface area (Å²) in [7, 11) is 1.41. The Kier molecular flexibility index (Phi) is 9.31. The van der Waals surface area contributed by atoms with Crippen molar-refractivity contribution in [3.05, 3.63) is 93.5 Å². The number of nitrogens with one attached hydrogen (secondary N) is 1. The third kappa shape index (κ3) is 7.63. The monoisotopic (exact) mass is 505 g/mol. The molecular weight excluding hydrogens is 478 g/mol. The van der Waals surface area contributed by atoms with Crippen LogP contribution in [0, 0.1) is 10.1 Å². The van der Waals surface area contributed by atoms with Gasteiger partial charge in [0.15, 0.2) is 18.1 Å². The summed E-state index contributed by atoms with van der Waals surface area (Å²) in [5, 5.41) is 14.7. The topological polar surface area (TPSA) is 129 Å². The lowest BCUT2D eigenvalue weighted by Gasteiger charge is -2.10. The van der Waals surface area contributed by atoms with Crippen LogP contribution in [-0.4, -0.2) is 36.7 Å². The van der Waals surface area contributed by atoms with E-state index in [2.05, 4.69) is 24.4 Å². The summed E-state index contributed by atoms with van der Waals surface area (Å²) >= 11 is 0. The number of hydrogen-bond acceptors (Lipinski definition) is 8. The number of hydrazone groups is 1. The fourth-order valence-corrected chi connectivity index (χ4v) is 3.22. The largest absolute Gasteiger partial charge is 0.493 e. The highest BCUT2D eigenvalue weighted by Gasteiger charge is 2.14. The minimum atomic E-state index is -0.698. The van der Waals surface area contributed by atoms with Gasteiger partial charge in [-0.25, -0.2) is 10.2 Å². The lowest BCUT2D eigenvalue weighted by atomic mass is 9.99. The molecule has 192 valence electrons. The molecule has 10 nitrogen and oxygen atoms in total. The number of carbonyl (C=O) groups excluding carboxylic acids is 2. The lowest BCUT2D eigenvalue weighted by molar-refractivity contribution is -0.384. The number of benzene rings is 3. The first-order valence-electron chi connectivity index (χ1n) is 11.5. The van der Waals surface area contributed by atoms with Gasteiger partial charge in [-0.05, 0) is 65.9 Å². The van der Waals surface area contributed by atoms with Crippen molar-refractivity contribution in [1.29, 1.82) is 0 Å². The van der Waals surface area contributed by atoms with Crippen LogP contribution < -0.4 is 19.6 Å². The summed E-state index contributed by atoms with van der Waals surface area (Å²) < 4.78 is 16.1. The van der Waals surface area contributed by atoms with Gasteiger partial charge in [0.05, 0.1) is 23.8 Å². The van der Waals surface area contributed by atoms with Gasteiger partial charge in [0.1, 0.15) is 5.75 Å². The number of nitro groups is 1. The highest BCUT2D eigenvalue weighted by molar-refractivity contribution is 5.92. The first-order valence-corrected chi connectivity index (χ1v) is 11.5. The summed E-state index contributed by atoms with van der Waals surface area (Å²) in [6.07, 6.45) is 2.45. The number of non-ortho nitro benzene ring substituents is 1. The molecule has 10 heteroatoms. The number of ether oxygens (including phenoxy) is 3. The minimum absolute atomic E-state index is 0.132. The second-order valence-electron chi connectivity index (χ2n) is 8.06. The normalized spacial score (nSPS) is 11.5. The van der Waals surface area contributed by atoms with Gasteiger partial charge in [0.2, 0.25) is 0 Å². The maximum atomic E-state index is 12.4. The Hall–Kier alpha value is -4.73. The van der Waals surface area contributed by atoms with Crippen LogP contribution >= 0.6 is 0 Å². The quantitative estimate of drug-likeness (QED) is 0.129. The van der Waals surface area contributed by atoms with Crippen molar-refractivity contribution in [3.63, 3.8) is 0 Å². The smallest absolute Gasteiger partial charge is 0.343 e. The van der Waals surface area contributed by atoms with E-state index in [9.17, 15) is 19.7 Å². The van der Waals surface area contributed by atoms with Crippen LogP contribution in [0.2, 0.25) is 0 Å². The summed E-state index contributed by atoms with van der Waals surface area (Å²) in [5.41, 5.74) is 4.20. The van der Waals surface area contributed by atoms with Crippen molar-refractivity contribution in [2.75, 3.05) is 13.7 Å². The second kappa shape index (κ2) is 12.8. The van der Waals surface area contributed by atoms with Crippen LogP contribution in [0.1, 0.15) is 47.7 Å². The molecule has 1 amide bonds. The molecule has 0 bridgehead atoms. The van der Waals surface area contributed by atoms with Crippen LogP contribution in [-0.2, 0) is 4.79 Å². The van der Waals surface area contributed by atoms with Crippen LogP contribution in [0.15, 0.2) is 71.8 Å². The van der Waals surface area contributed by atoms with E-state index >= 15 is 0 Å². The molecule has 3 aromatic rings. The third-order valence-corrected chi connectivity index (χ3v) is 5.54. The van der Waals surface area contributed by atoms with Crippen molar-refractivity contribution < 1.29 is 28.7 Å². The molecule has 0 fully saturated rings. The van der Waals surface area contributed by atoms with E-state index in [4.69, 9.17) is 14.2 Å². The number of amides is 1. The Bertz CT molecular complexity index is 1270. The molecule has 0 radical (unpaired) electrons. The van der Waals surface area contributed by atoms with E-state index in [1.54, 1.807) is 12.1 Å². The first kappa shape index (κ1) is 26.9. The average molecular weight is 506 g/mol. The predicted octanol–water partition coefficient (Wildman–Crippen LogP) is 4.87. The number of rotatable bonds is 11. The fourth-order valence-electron chi connectivity index (χ4n) is 3.22. The molecule has 1 atom stereocenters. The van der Waals surface area contributed by atoms with Gasteiger partial charge in [-0.2, -0.15) is 5.10 Å². The maximum Gasteiger partial charge on any atom is 0.343 e. The molecule has 1 unspecified atom stereocenters. The van der Waals surface area contributed by atoms with Crippen LogP contribution in [0.5, 0.6) is 17.2 Å². The van der Waals surface area contributed by atoms with Crippen LogP contribution in [0.4, 0.5) is 5.69 Å². The molecule has 0 aliphatic carbocycles. The van der Waals surface area contributed by atoms with Crippen LogP contribution in [0.3, 0.4) is 0 Å². The minimum Gasteiger partial charge on any atom is -0.493 e. The zero-order chi connectivity index (χ0) is 26.8. The molecule has 0 saturated heterocycles. The highest BCUT2D eigenvalue weighted by atomic mass is 16.6. The van der Waals surface area contributed by atoms with Crippen molar-refractivity contribution >= 4 is 23.8 Å². The molecule has 0 spiro atoms. The Morgan fingerprint density at radius 3 is 2.38 bits per heavy atom. The van der Waals surface area contributed by atoms with Crippen molar-refractivity contribution in [3.8, 4) is 17.2 Å². The average Bonchev–Trinajstić information content (AvgIpc) is 2.92. The van der Waals surface area contributed by atoms with Gasteiger partial charge < -0.3 is 14.2 Å². The van der Waals surface area contributed by atoms with E-state index in [1.165, 1.54) is 49.2 Å². The summed E-state index contributed by atoms with van der Waals surface area (Å²) in [6, 6.07) is 17.4. The number of methoxy groups -OCH3 is 1. The number of nitrogens with zero attached hydrogens (tertiary/aromatic N) is 2. The van der Waals surface area contributed by atoms with Gasteiger partial charge >= 0.3 is 5.97 Å². The van der Waals surface area contributed by atoms with Crippen molar-refractivity contribution in [2.45, 2.75) is 26.2 Å². The number of nitro benzene ring substituents is 1. The van der Waals surface area contributed by atoms with E-state index < -0.39 is 16.8 Å². The van der Waals surface area contributed by atoms with Gasteiger partial charge in [0, 0.05) is 12.1 Å². The SMILES string of the molecule is CCC(C)c1ccc(OCC(=O)N/N=C\c2ccc(OC(=O)c3ccc([N+](=O)[O-])cc3)c(OC)c2)cc1. The molecule has 3 aromatic carbocycles. The standard InChI is InChI=1S/C27H27N3O7/c1-4-18(2)20-8-12-23(13-9-20)36-17-26(31)29-28-16-19-5-14-24(25(15-19)35-3)37-27(32)21-6-10-22(11-7-21)30(33)34/h5-16,18H,4,17H2,1-3H3,(H,29,31)/b28-16-. The molecule has 0 aliphatic rings. The zero-order valence-corrected chi connectivity index (χ0v) is 20.7. The van der Waals surface area contributed by atoms with Crippen molar-refractivity contribution in [1.82, 2.24) is 5.43 Å².